The molecule has 0 aliphatic carbocycles. The lowest BCUT2D eigenvalue weighted by Crippen LogP contribution is -2.35. The summed E-state index contributed by atoms with van der Waals surface area (Å²) in [4.78, 5) is 6.73. The van der Waals surface area contributed by atoms with E-state index in [0.717, 1.165) is 32.5 Å². The molecule has 1 saturated heterocycles. The van der Waals surface area contributed by atoms with Crippen LogP contribution in [0.3, 0.4) is 0 Å². The number of likely N-dealkylation sites (tertiary alicyclic amines) is 1. The first-order valence-electron chi connectivity index (χ1n) is 6.73. The minimum Gasteiger partial charge on any atom is -0.301 e. The first-order valence-corrected chi connectivity index (χ1v) is 6.73. The molecule has 2 rings (SSSR count). The van der Waals surface area contributed by atoms with Crippen molar-refractivity contribution in [3.8, 4) is 0 Å². The maximum Gasteiger partial charge on any atom is 0.413 e. The molecule has 1 aromatic carbocycles. The molecule has 0 saturated carbocycles. The highest BCUT2D eigenvalue weighted by Crippen LogP contribution is 2.15. The number of hydrogen-bond acceptors (Lipinski definition) is 3. The molecule has 0 spiro atoms. The molecule has 1 N–H and O–H groups in total. The van der Waals surface area contributed by atoms with Crippen LogP contribution in [0.4, 0.5) is 13.2 Å². The molecule has 0 aromatic heterocycles. The van der Waals surface area contributed by atoms with Crippen molar-refractivity contribution in [3.05, 3.63) is 35.9 Å². The van der Waals surface area contributed by atoms with Gasteiger partial charge in [-0.1, -0.05) is 30.3 Å². The van der Waals surface area contributed by atoms with Gasteiger partial charge in [0.05, 0.1) is 0 Å². The van der Waals surface area contributed by atoms with Gasteiger partial charge in [-0.15, -0.1) is 0 Å². The van der Waals surface area contributed by atoms with Gasteiger partial charge in [0.1, 0.15) is 0 Å². The van der Waals surface area contributed by atoms with Crippen molar-refractivity contribution in [3.63, 3.8) is 0 Å². The van der Waals surface area contributed by atoms with Crippen LogP contribution in [0, 0.1) is 0 Å². The second-order valence-electron chi connectivity index (χ2n) is 5.04. The average Bonchev–Trinajstić information content (AvgIpc) is 2.84. The standard InChI is InChI=1S/C14H19F3N2O/c15-14(16,17)11-20-18-13-7-9-19(10-13)8-6-12-4-2-1-3-5-12/h1-5,13,18H,6-11H2. The van der Waals surface area contributed by atoms with Crippen LogP contribution in [-0.4, -0.2) is 43.4 Å². The van der Waals surface area contributed by atoms with Crippen molar-refractivity contribution in [2.75, 3.05) is 26.2 Å². The maximum atomic E-state index is 11.9. The number of rotatable bonds is 6. The van der Waals surface area contributed by atoms with Crippen LogP contribution in [0.5, 0.6) is 0 Å². The summed E-state index contributed by atoms with van der Waals surface area (Å²) in [6.45, 7) is 1.29. The zero-order valence-corrected chi connectivity index (χ0v) is 11.2. The smallest absolute Gasteiger partial charge is 0.301 e. The third kappa shape index (κ3) is 5.48. The summed E-state index contributed by atoms with van der Waals surface area (Å²) in [6.07, 6.45) is -2.51. The van der Waals surface area contributed by atoms with E-state index in [1.807, 2.05) is 18.2 Å². The summed E-state index contributed by atoms with van der Waals surface area (Å²) in [5.41, 5.74) is 3.78. The van der Waals surface area contributed by atoms with Gasteiger partial charge in [0.25, 0.3) is 0 Å². The number of nitrogens with one attached hydrogen (secondary N) is 1. The van der Waals surface area contributed by atoms with Crippen molar-refractivity contribution >= 4 is 0 Å². The number of halogens is 3. The van der Waals surface area contributed by atoms with Crippen LogP contribution in [0.2, 0.25) is 0 Å². The van der Waals surface area contributed by atoms with Gasteiger partial charge in [-0.3, -0.25) is 4.84 Å². The predicted molar refractivity (Wildman–Crippen MR) is 70.1 cm³/mol. The highest BCUT2D eigenvalue weighted by Gasteiger charge is 2.29. The van der Waals surface area contributed by atoms with Gasteiger partial charge in [-0.2, -0.15) is 18.7 Å². The molecule has 0 amide bonds. The van der Waals surface area contributed by atoms with Crippen molar-refractivity contribution < 1.29 is 18.0 Å². The van der Waals surface area contributed by atoms with Crippen LogP contribution in [0.15, 0.2) is 30.3 Å². The van der Waals surface area contributed by atoms with Crippen molar-refractivity contribution in [1.82, 2.24) is 10.4 Å². The molecule has 1 unspecified atom stereocenters. The monoisotopic (exact) mass is 288 g/mol. The Morgan fingerprint density at radius 3 is 2.70 bits per heavy atom. The van der Waals surface area contributed by atoms with E-state index in [9.17, 15) is 13.2 Å². The molecule has 1 aromatic rings. The second-order valence-corrected chi connectivity index (χ2v) is 5.04. The fraction of sp³-hybridized carbons (Fsp3) is 0.571. The number of hydroxylamine groups is 1. The Bertz CT molecular complexity index is 397. The van der Waals surface area contributed by atoms with Gasteiger partial charge in [0, 0.05) is 19.1 Å². The van der Waals surface area contributed by atoms with Gasteiger partial charge in [-0.05, 0) is 24.9 Å². The number of benzene rings is 1. The van der Waals surface area contributed by atoms with E-state index in [0.29, 0.717) is 0 Å². The fourth-order valence-corrected chi connectivity index (χ4v) is 2.31. The normalized spacial score (nSPS) is 20.4. The summed E-state index contributed by atoms with van der Waals surface area (Å²) >= 11 is 0. The van der Waals surface area contributed by atoms with Gasteiger partial charge >= 0.3 is 6.18 Å². The minimum absolute atomic E-state index is 0.0203. The van der Waals surface area contributed by atoms with Gasteiger partial charge in [0.15, 0.2) is 6.61 Å². The lowest BCUT2D eigenvalue weighted by Gasteiger charge is -2.17. The van der Waals surface area contributed by atoms with E-state index in [-0.39, 0.29) is 6.04 Å². The molecule has 6 heteroatoms. The molecule has 3 nitrogen and oxygen atoms in total. The van der Waals surface area contributed by atoms with Gasteiger partial charge in [0.2, 0.25) is 0 Å². The van der Waals surface area contributed by atoms with Crippen LogP contribution in [0.25, 0.3) is 0 Å². The Labute approximate surface area is 116 Å². The highest BCUT2D eigenvalue weighted by molar-refractivity contribution is 5.14. The quantitative estimate of drug-likeness (QED) is 0.814. The molecule has 20 heavy (non-hydrogen) atoms. The number of hydrogen-bond donors (Lipinski definition) is 1. The zero-order chi connectivity index (χ0) is 14.4. The van der Waals surface area contributed by atoms with Crippen molar-refractivity contribution in [2.24, 2.45) is 0 Å². The van der Waals surface area contributed by atoms with Crippen molar-refractivity contribution in [1.29, 1.82) is 0 Å². The SMILES string of the molecule is FC(F)(F)CONC1CCN(CCc2ccccc2)C1. The highest BCUT2D eigenvalue weighted by atomic mass is 19.4. The Morgan fingerprint density at radius 1 is 1.25 bits per heavy atom. The van der Waals surface area contributed by atoms with E-state index >= 15 is 0 Å². The molecular formula is C14H19F3N2O. The van der Waals surface area contributed by atoms with E-state index in [1.54, 1.807) is 0 Å². The summed E-state index contributed by atoms with van der Waals surface area (Å²) in [5.74, 6) is 0. The molecule has 0 radical (unpaired) electrons. The third-order valence-electron chi connectivity index (χ3n) is 3.32. The Balaban J connectivity index is 1.63. The van der Waals surface area contributed by atoms with E-state index < -0.39 is 12.8 Å². The molecule has 1 aliphatic rings. The van der Waals surface area contributed by atoms with Crippen molar-refractivity contribution in [2.45, 2.75) is 25.1 Å². The maximum absolute atomic E-state index is 11.9. The molecule has 1 heterocycles. The third-order valence-corrected chi connectivity index (χ3v) is 3.32. The molecule has 112 valence electrons. The lowest BCUT2D eigenvalue weighted by atomic mass is 10.1. The van der Waals surface area contributed by atoms with Crippen LogP contribution in [-0.2, 0) is 11.3 Å². The summed E-state index contributed by atoms with van der Waals surface area (Å²) in [7, 11) is 0. The Morgan fingerprint density at radius 2 is 2.00 bits per heavy atom. The van der Waals surface area contributed by atoms with Gasteiger partial charge in [-0.25, -0.2) is 0 Å². The van der Waals surface area contributed by atoms with Gasteiger partial charge < -0.3 is 4.90 Å². The molecular weight excluding hydrogens is 269 g/mol. The Hall–Kier alpha value is -1.11. The molecule has 1 fully saturated rings. The van der Waals surface area contributed by atoms with E-state index in [1.165, 1.54) is 5.56 Å². The van der Waals surface area contributed by atoms with E-state index in [4.69, 9.17) is 0 Å². The van der Waals surface area contributed by atoms with E-state index in [2.05, 4.69) is 27.4 Å². The zero-order valence-electron chi connectivity index (χ0n) is 11.2. The Kier molecular flexibility index (Phi) is 5.39. The largest absolute Gasteiger partial charge is 0.413 e. The topological polar surface area (TPSA) is 24.5 Å². The second kappa shape index (κ2) is 7.06. The first kappa shape index (κ1) is 15.3. The first-order chi connectivity index (χ1) is 9.53. The average molecular weight is 288 g/mol. The summed E-state index contributed by atoms with van der Waals surface area (Å²) in [5, 5.41) is 0. The van der Waals surface area contributed by atoms with Crippen LogP contribution < -0.4 is 5.48 Å². The molecule has 1 aliphatic heterocycles. The fourth-order valence-electron chi connectivity index (χ4n) is 2.31. The van der Waals surface area contributed by atoms with Crippen LogP contribution >= 0.6 is 0 Å². The summed E-state index contributed by atoms with van der Waals surface area (Å²) < 4.78 is 35.8. The number of nitrogens with zero attached hydrogens (tertiary/aromatic N) is 1. The number of alkyl halides is 3. The minimum atomic E-state index is -4.28. The molecule has 0 bridgehead atoms. The molecule has 1 atom stereocenters. The predicted octanol–water partition coefficient (Wildman–Crippen LogP) is 2.39. The summed E-state index contributed by atoms with van der Waals surface area (Å²) in [6, 6.07) is 10.1. The lowest BCUT2D eigenvalue weighted by molar-refractivity contribution is -0.192. The van der Waals surface area contributed by atoms with Crippen LogP contribution in [0.1, 0.15) is 12.0 Å².